The summed E-state index contributed by atoms with van der Waals surface area (Å²) in [5, 5.41) is 3.12. The molecule has 0 bridgehead atoms. The maximum absolute atomic E-state index is 13.3. The Morgan fingerprint density at radius 1 is 1.07 bits per heavy atom. The molecule has 152 valence electrons. The van der Waals surface area contributed by atoms with Crippen molar-refractivity contribution in [2.75, 3.05) is 13.1 Å². The number of hydrogen-bond donors (Lipinski definition) is 1. The Bertz CT molecular complexity index is 630. The van der Waals surface area contributed by atoms with Crippen LogP contribution >= 0.6 is 0 Å². The fraction of sp³-hybridized carbons (Fsp3) is 0.762. The van der Waals surface area contributed by atoms with Gasteiger partial charge in [0, 0.05) is 31.5 Å². The third-order valence-electron chi connectivity index (χ3n) is 5.06. The zero-order valence-electron chi connectivity index (χ0n) is 17.6. The second-order valence-electron chi connectivity index (χ2n) is 9.73. The molecule has 1 aliphatic heterocycles. The first-order chi connectivity index (χ1) is 12.3. The lowest BCUT2D eigenvalue weighted by Crippen LogP contribution is -2.55. The highest BCUT2D eigenvalue weighted by atomic mass is 16.6. The Labute approximate surface area is 162 Å². The smallest absolute Gasteiger partial charge is 0.410 e. The number of piperidine rings is 1. The van der Waals surface area contributed by atoms with E-state index >= 15 is 0 Å². The fourth-order valence-electron chi connectivity index (χ4n) is 3.70. The highest BCUT2D eigenvalue weighted by molar-refractivity contribution is 5.89. The number of nitrogens with one attached hydrogen (secondary N) is 1. The summed E-state index contributed by atoms with van der Waals surface area (Å²) in [5.74, 6) is 0.218. The summed E-state index contributed by atoms with van der Waals surface area (Å²) in [4.78, 5) is 39.0. The summed E-state index contributed by atoms with van der Waals surface area (Å²) in [6, 6.07) is 0. The van der Waals surface area contributed by atoms with Gasteiger partial charge in [-0.1, -0.05) is 11.6 Å². The molecular formula is C21H34N2O4. The summed E-state index contributed by atoms with van der Waals surface area (Å²) in [6.45, 7) is 12.4. The second kappa shape index (κ2) is 7.64. The Kier molecular flexibility index (Phi) is 6.07. The molecule has 0 radical (unpaired) electrons. The highest BCUT2D eigenvalue weighted by Gasteiger charge is 2.46. The van der Waals surface area contributed by atoms with Crippen LogP contribution in [-0.2, 0) is 14.3 Å². The van der Waals surface area contributed by atoms with E-state index in [1.807, 2.05) is 47.6 Å². The van der Waals surface area contributed by atoms with Crippen LogP contribution in [0.5, 0.6) is 0 Å². The average molecular weight is 379 g/mol. The zero-order chi connectivity index (χ0) is 20.5. The molecule has 1 fully saturated rings. The molecule has 0 spiro atoms. The number of likely N-dealkylation sites (tertiary alicyclic amines) is 1. The van der Waals surface area contributed by atoms with Crippen molar-refractivity contribution < 1.29 is 19.1 Å². The molecule has 0 atom stereocenters. The molecule has 6 nitrogen and oxygen atoms in total. The van der Waals surface area contributed by atoms with Crippen molar-refractivity contribution in [3.05, 3.63) is 11.6 Å². The molecule has 6 heteroatoms. The van der Waals surface area contributed by atoms with Crippen molar-refractivity contribution in [3.63, 3.8) is 0 Å². The number of carbonyl (C=O) groups is 3. The first kappa shape index (κ1) is 21.5. The summed E-state index contributed by atoms with van der Waals surface area (Å²) in [5.41, 5.74) is -0.474. The van der Waals surface area contributed by atoms with Crippen LogP contribution in [-0.4, -0.2) is 46.9 Å². The largest absolute Gasteiger partial charge is 0.444 e. The summed E-state index contributed by atoms with van der Waals surface area (Å²) < 4.78 is 5.47. The third kappa shape index (κ3) is 5.56. The number of rotatable bonds is 2. The van der Waals surface area contributed by atoms with Crippen molar-refractivity contribution >= 4 is 17.8 Å². The minimum atomic E-state index is -0.646. The van der Waals surface area contributed by atoms with Gasteiger partial charge >= 0.3 is 6.09 Å². The SMILES string of the molecule is CC(C)(C)NC(=O)C1(C2=CCC(=O)CC2)CCN(C(=O)OC(C)(C)C)CC1. The molecule has 2 aliphatic rings. The van der Waals surface area contributed by atoms with E-state index in [0.717, 1.165) is 5.57 Å². The van der Waals surface area contributed by atoms with Gasteiger partial charge in [-0.25, -0.2) is 4.79 Å². The van der Waals surface area contributed by atoms with E-state index in [4.69, 9.17) is 4.74 Å². The average Bonchev–Trinajstić information content (AvgIpc) is 2.52. The summed E-state index contributed by atoms with van der Waals surface area (Å²) in [6.07, 6.45) is 4.23. The third-order valence-corrected chi connectivity index (χ3v) is 5.06. The van der Waals surface area contributed by atoms with Crippen molar-refractivity contribution in [2.24, 2.45) is 5.41 Å². The van der Waals surface area contributed by atoms with Crippen LogP contribution in [0.2, 0.25) is 0 Å². The van der Waals surface area contributed by atoms with Gasteiger partial charge in [0.25, 0.3) is 0 Å². The van der Waals surface area contributed by atoms with Crippen LogP contribution in [0.25, 0.3) is 0 Å². The van der Waals surface area contributed by atoms with Crippen molar-refractivity contribution in [2.45, 2.75) is 84.8 Å². The Morgan fingerprint density at radius 3 is 2.11 bits per heavy atom. The van der Waals surface area contributed by atoms with Crippen LogP contribution in [0.1, 0.15) is 73.6 Å². The molecule has 27 heavy (non-hydrogen) atoms. The monoisotopic (exact) mass is 378 g/mol. The minimum Gasteiger partial charge on any atom is -0.444 e. The van der Waals surface area contributed by atoms with Crippen LogP contribution in [0.4, 0.5) is 4.79 Å². The molecular weight excluding hydrogens is 344 g/mol. The molecule has 1 aliphatic carbocycles. The van der Waals surface area contributed by atoms with Crippen LogP contribution in [0.3, 0.4) is 0 Å². The van der Waals surface area contributed by atoms with Gasteiger partial charge in [-0.15, -0.1) is 0 Å². The molecule has 1 saturated heterocycles. The van der Waals surface area contributed by atoms with Gasteiger partial charge in [-0.2, -0.15) is 0 Å². The molecule has 0 aromatic rings. The van der Waals surface area contributed by atoms with E-state index in [2.05, 4.69) is 5.32 Å². The van der Waals surface area contributed by atoms with E-state index in [-0.39, 0.29) is 23.3 Å². The van der Waals surface area contributed by atoms with Gasteiger partial charge in [-0.05, 0) is 60.8 Å². The molecule has 0 saturated carbocycles. The van der Waals surface area contributed by atoms with Gasteiger partial charge in [-0.3, -0.25) is 9.59 Å². The molecule has 2 amide bonds. The molecule has 0 unspecified atom stereocenters. The lowest BCUT2D eigenvalue weighted by Gasteiger charge is -2.44. The van der Waals surface area contributed by atoms with Crippen LogP contribution in [0.15, 0.2) is 11.6 Å². The predicted octanol–water partition coefficient (Wildman–Crippen LogP) is 3.60. The van der Waals surface area contributed by atoms with E-state index in [1.54, 1.807) is 4.90 Å². The molecule has 0 aromatic heterocycles. The summed E-state index contributed by atoms with van der Waals surface area (Å²) in [7, 11) is 0. The number of carbonyl (C=O) groups excluding carboxylic acids is 3. The van der Waals surface area contributed by atoms with E-state index in [0.29, 0.717) is 45.2 Å². The number of allylic oxidation sites excluding steroid dienone is 1. The second-order valence-corrected chi connectivity index (χ2v) is 9.73. The molecule has 0 aromatic carbocycles. The van der Waals surface area contributed by atoms with Gasteiger partial charge in [0.2, 0.25) is 5.91 Å². The maximum atomic E-state index is 13.3. The quantitative estimate of drug-likeness (QED) is 0.745. The number of amides is 2. The minimum absolute atomic E-state index is 0.000521. The fourth-order valence-corrected chi connectivity index (χ4v) is 3.70. The topological polar surface area (TPSA) is 75.7 Å². The van der Waals surface area contributed by atoms with E-state index in [9.17, 15) is 14.4 Å². The molecule has 1 N–H and O–H groups in total. The number of ether oxygens (including phenoxy) is 1. The van der Waals surface area contributed by atoms with Crippen LogP contribution in [0, 0.1) is 5.41 Å². The maximum Gasteiger partial charge on any atom is 0.410 e. The number of Topliss-reactive ketones (excluding diaryl/α,β-unsaturated/α-hetero) is 1. The van der Waals surface area contributed by atoms with Gasteiger partial charge in [0.1, 0.15) is 11.4 Å². The number of hydrogen-bond acceptors (Lipinski definition) is 4. The summed E-state index contributed by atoms with van der Waals surface area (Å²) >= 11 is 0. The van der Waals surface area contributed by atoms with Gasteiger partial charge in [0.15, 0.2) is 0 Å². The van der Waals surface area contributed by atoms with Crippen molar-refractivity contribution in [1.82, 2.24) is 10.2 Å². The van der Waals surface area contributed by atoms with Gasteiger partial charge < -0.3 is 15.0 Å². The number of ketones is 1. The number of nitrogens with zero attached hydrogens (tertiary/aromatic N) is 1. The van der Waals surface area contributed by atoms with Crippen molar-refractivity contribution in [3.8, 4) is 0 Å². The van der Waals surface area contributed by atoms with Gasteiger partial charge in [0.05, 0.1) is 5.41 Å². The van der Waals surface area contributed by atoms with E-state index in [1.165, 1.54) is 0 Å². The highest BCUT2D eigenvalue weighted by Crippen LogP contribution is 2.43. The predicted molar refractivity (Wildman–Crippen MR) is 104 cm³/mol. The molecule has 1 heterocycles. The van der Waals surface area contributed by atoms with E-state index < -0.39 is 11.0 Å². The Morgan fingerprint density at radius 2 is 1.67 bits per heavy atom. The standard InChI is InChI=1S/C21H34N2O4/c1-19(2,3)22-17(25)21(15-7-9-16(24)10-8-15)11-13-23(14-12-21)18(26)27-20(4,5)6/h7H,8-14H2,1-6H3,(H,22,25). The van der Waals surface area contributed by atoms with Crippen molar-refractivity contribution in [1.29, 1.82) is 0 Å². The lowest BCUT2D eigenvalue weighted by atomic mass is 9.68. The van der Waals surface area contributed by atoms with Crippen LogP contribution < -0.4 is 5.32 Å². The normalized spacial score (nSPS) is 20.7. The lowest BCUT2D eigenvalue weighted by molar-refractivity contribution is -0.133. The molecule has 2 rings (SSSR count). The first-order valence-electron chi connectivity index (χ1n) is 9.84. The Hall–Kier alpha value is -1.85. The first-order valence-corrected chi connectivity index (χ1v) is 9.84. The Balaban J connectivity index is 2.20. The zero-order valence-corrected chi connectivity index (χ0v) is 17.6.